The van der Waals surface area contributed by atoms with Crippen LogP contribution >= 0.6 is 0 Å². The molecule has 5 aliphatic rings. The number of ether oxygens (including phenoxy) is 2. The van der Waals surface area contributed by atoms with Gasteiger partial charge in [-0.15, -0.1) is 0 Å². The first kappa shape index (κ1) is 46.3. The Morgan fingerprint density at radius 1 is 1.03 bits per heavy atom. The summed E-state index contributed by atoms with van der Waals surface area (Å²) in [5.74, 6) is -0.185. The van der Waals surface area contributed by atoms with Crippen LogP contribution in [0, 0.1) is 11.8 Å². The first-order chi connectivity index (χ1) is 33.6. The van der Waals surface area contributed by atoms with Gasteiger partial charge in [-0.05, 0) is 97.7 Å². The van der Waals surface area contributed by atoms with Crippen molar-refractivity contribution in [3.8, 4) is 40.0 Å². The topological polar surface area (TPSA) is 226 Å². The van der Waals surface area contributed by atoms with Gasteiger partial charge in [-0.1, -0.05) is 45.9 Å². The van der Waals surface area contributed by atoms with Crippen molar-refractivity contribution in [2.24, 2.45) is 11.8 Å². The maximum Gasteiger partial charge on any atom is 0.415 e. The van der Waals surface area contributed by atoms with Crippen molar-refractivity contribution in [3.63, 3.8) is 0 Å². The smallest absolute Gasteiger partial charge is 0.415 e. The van der Waals surface area contributed by atoms with Crippen LogP contribution in [-0.4, -0.2) is 112 Å². The molecule has 18 heteroatoms. The second-order valence-corrected chi connectivity index (χ2v) is 19.3. The molecule has 364 valence electrons. The van der Waals surface area contributed by atoms with Gasteiger partial charge in [0.05, 0.1) is 40.6 Å². The zero-order chi connectivity index (χ0) is 49.3. The molecule has 7 heterocycles. The highest BCUT2D eigenvalue weighted by atomic mass is 16.6. The molecule has 1 saturated heterocycles. The molecule has 3 atom stereocenters. The van der Waals surface area contributed by atoms with E-state index in [1.807, 2.05) is 32.9 Å². The number of aliphatic hydroxyl groups is 1. The summed E-state index contributed by atoms with van der Waals surface area (Å²) in [4.78, 5) is 76.6. The molecule has 18 nitrogen and oxygen atoms in total. The fourth-order valence-electron chi connectivity index (χ4n) is 10.8. The number of hydrogen-bond acceptors (Lipinski definition) is 13. The largest absolute Gasteiger partial charge is 0.508 e. The van der Waals surface area contributed by atoms with Crippen LogP contribution < -0.4 is 16.0 Å². The zero-order valence-corrected chi connectivity index (χ0v) is 39.8. The Labute approximate surface area is 402 Å². The van der Waals surface area contributed by atoms with E-state index < -0.39 is 23.4 Å². The van der Waals surface area contributed by atoms with Crippen molar-refractivity contribution in [3.05, 3.63) is 116 Å². The molecule has 2 unspecified atom stereocenters. The normalized spacial score (nSPS) is 20.3. The van der Waals surface area contributed by atoms with Crippen LogP contribution in [0.5, 0.6) is 17.2 Å². The van der Waals surface area contributed by atoms with Gasteiger partial charge in [0.15, 0.2) is 11.4 Å². The molecule has 5 aromatic rings. The number of rotatable bonds is 11. The minimum absolute atomic E-state index is 0.0142. The molecule has 1 aliphatic carbocycles. The Bertz CT molecular complexity index is 3210. The molecule has 4 N–H and O–H groups in total. The number of aryl methyl sites for hydroxylation is 1. The van der Waals surface area contributed by atoms with Crippen molar-refractivity contribution in [1.29, 1.82) is 0 Å². The molecule has 2 aromatic carbocycles. The SMILES string of the molecule is CCc1c2c(nc3ccc(OC(=O)N(C)CC(=O)N4CCC(CCN5C=CC6C=C(n7c(-c8cc(C(C)C)c(O)cc8O)n[nH]c7=O)C=CC65)CC4)cc13)-c1cc3c(c(=O)n1C2)COC(=O)[C@]3(O)CC. The molecule has 70 heavy (non-hydrogen) atoms. The molecule has 4 aliphatic heterocycles. The van der Waals surface area contributed by atoms with Crippen molar-refractivity contribution in [1.82, 2.24) is 39.0 Å². The number of phenolic OH excluding ortho intramolecular Hbond substituents is 2. The fraction of sp³-hybridized carbons (Fsp3) is 0.404. The molecule has 1 fully saturated rings. The van der Waals surface area contributed by atoms with Crippen LogP contribution in [0.3, 0.4) is 0 Å². The van der Waals surface area contributed by atoms with Gasteiger partial charge in [0.2, 0.25) is 5.91 Å². The van der Waals surface area contributed by atoms with Crippen molar-refractivity contribution in [2.75, 3.05) is 33.2 Å². The highest BCUT2D eigenvalue weighted by Crippen LogP contribution is 2.42. The first-order valence-electron chi connectivity index (χ1n) is 24.0. The molecule has 2 amide bonds. The number of aromatic amines is 1. The monoisotopic (exact) mass is 952 g/mol. The van der Waals surface area contributed by atoms with Gasteiger partial charge in [-0.2, -0.15) is 5.10 Å². The number of aromatic hydroxyl groups is 2. The van der Waals surface area contributed by atoms with Crippen LogP contribution in [0.4, 0.5) is 4.79 Å². The van der Waals surface area contributed by atoms with E-state index in [1.54, 1.807) is 46.7 Å². The number of esters is 1. The number of allylic oxidation sites excluding steroid dienone is 2. The third kappa shape index (κ3) is 7.83. The van der Waals surface area contributed by atoms with E-state index >= 15 is 0 Å². The fourth-order valence-corrected chi connectivity index (χ4v) is 10.8. The standard InChI is InChI=1S/C52H56N8O10/c1-6-33-35-21-32(9-10-40(35)53-46-37(33)25-59-42(46)23-39-38(48(59)64)27-69-49(65)52(39,68)7-2)70-51(67)56(5)26-45(63)58-17-13-29(14-18-58)12-16-57-19-15-30-20-31(8-11-41(30)57)60-47(54-55-50(60)66)36-22-34(28(3)4)43(61)24-44(36)62/h8-11,15,19-24,28-30,41,61-62,68H,6-7,12-14,16-18,25-27H2,1-5H3,(H,55,66)/t30?,41?,52-/m0/s1. The molecular formula is C52H56N8O10. The maximum atomic E-state index is 13.7. The van der Waals surface area contributed by atoms with Crippen molar-refractivity contribution < 1.29 is 39.2 Å². The minimum Gasteiger partial charge on any atom is -0.508 e. The summed E-state index contributed by atoms with van der Waals surface area (Å²) in [6, 6.07) is 9.86. The molecule has 3 aromatic heterocycles. The highest BCUT2D eigenvalue weighted by molar-refractivity contribution is 5.91. The summed E-state index contributed by atoms with van der Waals surface area (Å²) in [7, 11) is 1.54. The lowest BCUT2D eigenvalue weighted by Crippen LogP contribution is -2.45. The number of pyridine rings is 2. The van der Waals surface area contributed by atoms with E-state index in [9.17, 15) is 39.3 Å². The number of aromatic nitrogens is 5. The Balaban J connectivity index is 0.726. The number of likely N-dealkylation sites (tertiary alicyclic amines) is 1. The molecule has 0 saturated carbocycles. The molecule has 0 spiro atoms. The summed E-state index contributed by atoms with van der Waals surface area (Å²) in [6.45, 7) is 9.42. The van der Waals surface area contributed by atoms with Crippen LogP contribution in [0.1, 0.15) is 87.1 Å². The Morgan fingerprint density at radius 3 is 2.56 bits per heavy atom. The summed E-state index contributed by atoms with van der Waals surface area (Å²) in [5.41, 5.74) is 2.91. The lowest BCUT2D eigenvalue weighted by Gasteiger charge is -2.35. The summed E-state index contributed by atoms with van der Waals surface area (Å²) in [6.07, 6.45) is 12.8. The predicted octanol–water partition coefficient (Wildman–Crippen LogP) is 5.71. The first-order valence-corrected chi connectivity index (χ1v) is 24.0. The zero-order valence-electron chi connectivity index (χ0n) is 39.8. The van der Waals surface area contributed by atoms with E-state index in [2.05, 4.69) is 33.4 Å². The highest BCUT2D eigenvalue weighted by Gasteiger charge is 2.45. The summed E-state index contributed by atoms with van der Waals surface area (Å²) in [5, 5.41) is 39.9. The van der Waals surface area contributed by atoms with Gasteiger partial charge in [0.25, 0.3) is 5.56 Å². The average molecular weight is 953 g/mol. The lowest BCUT2D eigenvalue weighted by atomic mass is 9.86. The minimum atomic E-state index is -1.93. The van der Waals surface area contributed by atoms with Crippen molar-refractivity contribution >= 4 is 34.6 Å². The van der Waals surface area contributed by atoms with Crippen LogP contribution in [0.2, 0.25) is 0 Å². The number of nitrogens with zero attached hydrogens (tertiary/aromatic N) is 7. The van der Waals surface area contributed by atoms with E-state index in [1.165, 1.54) is 22.6 Å². The van der Waals surface area contributed by atoms with Gasteiger partial charge in [-0.3, -0.25) is 9.59 Å². The average Bonchev–Trinajstić information content (AvgIpc) is 4.05. The molecular weight excluding hydrogens is 897 g/mol. The van der Waals surface area contributed by atoms with Gasteiger partial charge in [0.1, 0.15) is 30.4 Å². The number of carbonyl (C=O) groups excluding carboxylic acids is 3. The number of cyclic esters (lactones) is 1. The van der Waals surface area contributed by atoms with Crippen LogP contribution in [0.15, 0.2) is 76.5 Å². The third-order valence-electron chi connectivity index (χ3n) is 14.8. The van der Waals surface area contributed by atoms with E-state index in [-0.39, 0.29) is 89.7 Å². The number of phenols is 2. The van der Waals surface area contributed by atoms with E-state index in [4.69, 9.17) is 14.5 Å². The number of likely N-dealkylation sites (N-methyl/N-ethyl adjacent to an activating group) is 1. The number of H-pyrrole nitrogens is 1. The number of hydrogen-bond donors (Lipinski definition) is 4. The quantitative estimate of drug-likeness (QED) is 0.114. The maximum absolute atomic E-state index is 13.7. The van der Waals surface area contributed by atoms with Gasteiger partial charge < -0.3 is 44.1 Å². The molecule has 0 bridgehead atoms. The Kier molecular flexibility index (Phi) is 11.8. The molecule has 0 radical (unpaired) electrons. The second kappa shape index (κ2) is 17.8. The lowest BCUT2D eigenvalue weighted by molar-refractivity contribution is -0.172. The number of benzene rings is 2. The van der Waals surface area contributed by atoms with Crippen LogP contribution in [-0.2, 0) is 39.5 Å². The second-order valence-electron chi connectivity index (χ2n) is 19.3. The number of nitrogens with one attached hydrogen (secondary N) is 1. The number of carbonyl (C=O) groups is 3. The summed E-state index contributed by atoms with van der Waals surface area (Å²) >= 11 is 0. The number of piperidine rings is 1. The van der Waals surface area contributed by atoms with Crippen LogP contribution in [0.25, 0.3) is 39.4 Å². The third-order valence-corrected chi connectivity index (χ3v) is 14.8. The summed E-state index contributed by atoms with van der Waals surface area (Å²) < 4.78 is 14.1. The molecule has 10 rings (SSSR count). The Morgan fingerprint density at radius 2 is 1.81 bits per heavy atom. The van der Waals surface area contributed by atoms with Gasteiger partial charge >= 0.3 is 17.8 Å². The van der Waals surface area contributed by atoms with Gasteiger partial charge in [0, 0.05) is 60.9 Å². The van der Waals surface area contributed by atoms with Gasteiger partial charge in [-0.25, -0.2) is 29.0 Å². The van der Waals surface area contributed by atoms with E-state index in [0.717, 1.165) is 42.3 Å². The predicted molar refractivity (Wildman–Crippen MR) is 259 cm³/mol. The van der Waals surface area contributed by atoms with Crippen molar-refractivity contribution in [2.45, 2.75) is 90.5 Å². The Hall–Kier alpha value is -7.47. The number of fused-ring (bicyclic) bond motifs is 6. The van der Waals surface area contributed by atoms with E-state index in [0.29, 0.717) is 59.2 Å². The number of amides is 2.